The number of rotatable bonds is 5. The number of ether oxygens (including phenoxy) is 1. The Morgan fingerprint density at radius 3 is 2.17 bits per heavy atom. The van der Waals surface area contributed by atoms with Gasteiger partial charge >= 0.3 is 6.61 Å². The first-order chi connectivity index (χ1) is 11.3. The van der Waals surface area contributed by atoms with Crippen LogP contribution in [0.4, 0.5) is 17.6 Å². The zero-order valence-corrected chi connectivity index (χ0v) is 13.0. The minimum Gasteiger partial charge on any atom is -0.435 e. The van der Waals surface area contributed by atoms with Gasteiger partial charge in [0.15, 0.2) is 0 Å². The number of carbonyl (C=O) groups excluding carboxylic acids is 1. The Kier molecular flexibility index (Phi) is 5.43. The molecule has 0 aliphatic carbocycles. The lowest BCUT2D eigenvalue weighted by molar-refractivity contribution is -0.0501. The second kappa shape index (κ2) is 7.33. The van der Waals surface area contributed by atoms with Gasteiger partial charge < -0.3 is 9.64 Å². The maximum Gasteiger partial charge on any atom is 0.387 e. The zero-order valence-electron chi connectivity index (χ0n) is 13.0. The summed E-state index contributed by atoms with van der Waals surface area (Å²) in [6.07, 6.45) is 0. The van der Waals surface area contributed by atoms with E-state index < -0.39 is 35.5 Å². The summed E-state index contributed by atoms with van der Waals surface area (Å²) in [7, 11) is 1.39. The fourth-order valence-corrected chi connectivity index (χ4v) is 2.16. The molecule has 0 aliphatic heterocycles. The molecule has 0 aromatic heterocycles. The van der Waals surface area contributed by atoms with Gasteiger partial charge in [-0.2, -0.15) is 8.78 Å². The highest BCUT2D eigenvalue weighted by Crippen LogP contribution is 2.23. The molecule has 2 aromatic carbocycles. The first kappa shape index (κ1) is 17.8. The largest absolute Gasteiger partial charge is 0.435 e. The van der Waals surface area contributed by atoms with Crippen molar-refractivity contribution in [2.75, 3.05) is 7.05 Å². The minimum atomic E-state index is -3.21. The maximum absolute atomic E-state index is 14.0. The number of hydrogen-bond acceptors (Lipinski definition) is 2. The van der Waals surface area contributed by atoms with Crippen LogP contribution in [0, 0.1) is 18.6 Å². The first-order valence-electron chi connectivity index (χ1n) is 7.03. The number of carbonyl (C=O) groups is 1. The van der Waals surface area contributed by atoms with E-state index in [1.54, 1.807) is 12.1 Å². The summed E-state index contributed by atoms with van der Waals surface area (Å²) in [4.78, 5) is 13.4. The fraction of sp³-hybridized carbons (Fsp3) is 0.235. The van der Waals surface area contributed by atoms with E-state index in [0.717, 1.165) is 16.0 Å². The molecule has 24 heavy (non-hydrogen) atoms. The van der Waals surface area contributed by atoms with Crippen molar-refractivity contribution in [3.05, 3.63) is 64.7 Å². The predicted molar refractivity (Wildman–Crippen MR) is 80.0 cm³/mol. The van der Waals surface area contributed by atoms with Crippen LogP contribution >= 0.6 is 0 Å². The molecule has 0 atom stereocenters. The van der Waals surface area contributed by atoms with E-state index >= 15 is 0 Å². The van der Waals surface area contributed by atoms with Gasteiger partial charge in [-0.25, -0.2) is 8.78 Å². The van der Waals surface area contributed by atoms with Crippen LogP contribution in [0.25, 0.3) is 0 Å². The van der Waals surface area contributed by atoms with Crippen molar-refractivity contribution in [2.24, 2.45) is 0 Å². The number of aryl methyl sites for hydroxylation is 1. The van der Waals surface area contributed by atoms with Crippen molar-refractivity contribution in [2.45, 2.75) is 20.1 Å². The summed E-state index contributed by atoms with van der Waals surface area (Å²) in [6.45, 7) is -1.16. The second-order valence-corrected chi connectivity index (χ2v) is 5.29. The van der Waals surface area contributed by atoms with E-state index in [-0.39, 0.29) is 6.54 Å². The molecular weight excluding hydrogens is 326 g/mol. The lowest BCUT2D eigenvalue weighted by Crippen LogP contribution is -2.28. The third-order valence-corrected chi connectivity index (χ3v) is 3.34. The average Bonchev–Trinajstić information content (AvgIpc) is 2.48. The van der Waals surface area contributed by atoms with Crippen LogP contribution in [-0.2, 0) is 6.54 Å². The number of nitrogens with zero attached hydrogens (tertiary/aromatic N) is 1. The van der Waals surface area contributed by atoms with Crippen LogP contribution in [0.1, 0.15) is 21.5 Å². The molecule has 1 amide bonds. The molecule has 0 saturated heterocycles. The van der Waals surface area contributed by atoms with Gasteiger partial charge in [0.1, 0.15) is 22.9 Å². The summed E-state index contributed by atoms with van der Waals surface area (Å²) in [5, 5.41) is 0. The predicted octanol–water partition coefficient (Wildman–Crippen LogP) is 4.15. The topological polar surface area (TPSA) is 29.5 Å². The van der Waals surface area contributed by atoms with Gasteiger partial charge in [0, 0.05) is 25.7 Å². The molecule has 0 bridgehead atoms. The first-order valence-corrected chi connectivity index (χ1v) is 7.03. The lowest BCUT2D eigenvalue weighted by atomic mass is 10.1. The van der Waals surface area contributed by atoms with Gasteiger partial charge in [-0.3, -0.25) is 4.79 Å². The Balaban J connectivity index is 2.20. The quantitative estimate of drug-likeness (QED) is 0.765. The van der Waals surface area contributed by atoms with Gasteiger partial charge in [0.25, 0.3) is 5.91 Å². The Labute approximate surface area is 136 Å². The smallest absolute Gasteiger partial charge is 0.387 e. The number of benzene rings is 2. The van der Waals surface area contributed by atoms with Crippen LogP contribution in [0.3, 0.4) is 0 Å². The maximum atomic E-state index is 14.0. The molecule has 2 rings (SSSR count). The van der Waals surface area contributed by atoms with E-state index in [1.165, 1.54) is 7.05 Å². The van der Waals surface area contributed by atoms with Gasteiger partial charge in [0.2, 0.25) is 0 Å². The number of halogens is 4. The molecule has 3 nitrogen and oxygen atoms in total. The van der Waals surface area contributed by atoms with E-state index in [9.17, 15) is 22.4 Å². The molecular formula is C17H15F4NO2. The lowest BCUT2D eigenvalue weighted by Gasteiger charge is -2.18. The normalized spacial score (nSPS) is 10.8. The summed E-state index contributed by atoms with van der Waals surface area (Å²) >= 11 is 0. The zero-order chi connectivity index (χ0) is 17.9. The van der Waals surface area contributed by atoms with Crippen LogP contribution in [-0.4, -0.2) is 24.5 Å². The fourth-order valence-electron chi connectivity index (χ4n) is 2.16. The molecule has 0 spiro atoms. The van der Waals surface area contributed by atoms with Crippen LogP contribution in [0.2, 0.25) is 0 Å². The molecule has 2 aromatic rings. The highest BCUT2D eigenvalue weighted by Gasteiger charge is 2.23. The van der Waals surface area contributed by atoms with E-state index in [2.05, 4.69) is 4.74 Å². The molecule has 0 N–H and O–H groups in total. The Morgan fingerprint density at radius 1 is 1.12 bits per heavy atom. The van der Waals surface area contributed by atoms with Crippen molar-refractivity contribution in [3.8, 4) is 5.75 Å². The highest BCUT2D eigenvalue weighted by molar-refractivity contribution is 5.94. The third kappa shape index (κ3) is 4.24. The third-order valence-electron chi connectivity index (χ3n) is 3.34. The molecule has 0 unspecified atom stereocenters. The molecule has 0 radical (unpaired) electrons. The Morgan fingerprint density at radius 2 is 1.67 bits per heavy atom. The van der Waals surface area contributed by atoms with Gasteiger partial charge in [-0.05, 0) is 12.5 Å². The van der Waals surface area contributed by atoms with Crippen LogP contribution < -0.4 is 4.74 Å². The number of amides is 1. The van der Waals surface area contributed by atoms with Crippen molar-refractivity contribution < 1.29 is 27.1 Å². The SMILES string of the molecule is Cc1ccc(CN(C)C(=O)c2c(F)cc(OC(F)F)cc2F)cc1. The van der Waals surface area contributed by atoms with Crippen LogP contribution in [0.15, 0.2) is 36.4 Å². The molecule has 0 saturated carbocycles. The van der Waals surface area contributed by atoms with Gasteiger partial charge in [0.05, 0.1) is 0 Å². The van der Waals surface area contributed by atoms with E-state index in [4.69, 9.17) is 0 Å². The van der Waals surface area contributed by atoms with Crippen molar-refractivity contribution >= 4 is 5.91 Å². The van der Waals surface area contributed by atoms with Crippen molar-refractivity contribution in [1.29, 1.82) is 0 Å². The summed E-state index contributed by atoms with van der Waals surface area (Å²) in [6, 6.07) is 8.41. The van der Waals surface area contributed by atoms with Crippen LogP contribution in [0.5, 0.6) is 5.75 Å². The molecule has 128 valence electrons. The highest BCUT2D eigenvalue weighted by atomic mass is 19.3. The molecule has 7 heteroatoms. The number of hydrogen-bond donors (Lipinski definition) is 0. The van der Waals surface area contributed by atoms with E-state index in [1.807, 2.05) is 19.1 Å². The monoisotopic (exact) mass is 341 g/mol. The Hall–Kier alpha value is -2.57. The summed E-state index contributed by atoms with van der Waals surface area (Å²) in [5.74, 6) is -4.09. The Bertz CT molecular complexity index is 709. The van der Waals surface area contributed by atoms with Gasteiger partial charge in [-0.1, -0.05) is 29.8 Å². The second-order valence-electron chi connectivity index (χ2n) is 5.29. The minimum absolute atomic E-state index is 0.146. The molecule has 0 heterocycles. The number of alkyl halides is 2. The average molecular weight is 341 g/mol. The van der Waals surface area contributed by atoms with Gasteiger partial charge in [-0.15, -0.1) is 0 Å². The van der Waals surface area contributed by atoms with Crippen molar-refractivity contribution in [3.63, 3.8) is 0 Å². The molecule has 0 aliphatic rings. The summed E-state index contributed by atoms with van der Waals surface area (Å²) in [5.41, 5.74) is 1.01. The van der Waals surface area contributed by atoms with E-state index in [0.29, 0.717) is 12.1 Å². The standard InChI is InChI=1S/C17H15F4NO2/c1-10-3-5-11(6-4-10)9-22(2)16(23)15-13(18)7-12(8-14(15)19)24-17(20)21/h3-8,17H,9H2,1-2H3. The summed E-state index contributed by atoms with van der Waals surface area (Å²) < 4.78 is 56.0. The molecule has 0 fully saturated rings. The van der Waals surface area contributed by atoms with Crippen molar-refractivity contribution in [1.82, 2.24) is 4.90 Å².